The van der Waals surface area contributed by atoms with E-state index in [9.17, 15) is 0 Å². The monoisotopic (exact) mass is 281 g/mol. The van der Waals surface area contributed by atoms with Crippen molar-refractivity contribution in [3.05, 3.63) is 24.3 Å². The van der Waals surface area contributed by atoms with Crippen LogP contribution in [-0.2, 0) is 0 Å². The summed E-state index contributed by atoms with van der Waals surface area (Å²) in [5.74, 6) is 0. The number of rotatable bonds is 11. The van der Waals surface area contributed by atoms with E-state index in [1.807, 2.05) is 29.2 Å². The van der Waals surface area contributed by atoms with Gasteiger partial charge in [0.2, 0.25) is 0 Å². The Bertz CT molecular complexity index is 337. The first-order valence-corrected chi connectivity index (χ1v) is 7.32. The first-order chi connectivity index (χ1) is 9.81. The van der Waals surface area contributed by atoms with E-state index in [4.69, 9.17) is 15.9 Å². The first-order valence-electron chi connectivity index (χ1n) is 7.32. The number of unbranched alkanes of at least 4 members (excludes halogenated alkanes) is 2. The molecule has 0 aliphatic rings. The molecular weight excluding hydrogens is 254 g/mol. The second-order valence-corrected chi connectivity index (χ2v) is 4.76. The van der Waals surface area contributed by atoms with E-state index in [2.05, 4.69) is 5.32 Å². The highest BCUT2D eigenvalue weighted by Crippen LogP contribution is 2.17. The topological polar surface area (TPSA) is 81.8 Å². The largest absolute Gasteiger partial charge is 0.395 e. The lowest BCUT2D eigenvalue weighted by Crippen LogP contribution is -2.29. The third kappa shape index (κ3) is 6.23. The predicted molar refractivity (Wildman–Crippen MR) is 84.2 cm³/mol. The van der Waals surface area contributed by atoms with Crippen LogP contribution in [0, 0.1) is 0 Å². The number of nitrogens with zero attached hydrogens (tertiary/aromatic N) is 1. The smallest absolute Gasteiger partial charge is 0.0606 e. The Labute approximate surface area is 121 Å². The Morgan fingerprint density at radius 1 is 0.950 bits per heavy atom. The molecule has 0 heterocycles. The SMILES string of the molecule is NCCCCCNc1ccc(N(CCO)CCO)cc1. The van der Waals surface area contributed by atoms with Crippen LogP contribution >= 0.6 is 0 Å². The molecule has 0 fully saturated rings. The number of aliphatic hydroxyl groups excluding tert-OH is 2. The van der Waals surface area contributed by atoms with Gasteiger partial charge < -0.3 is 26.2 Å². The molecule has 0 saturated carbocycles. The molecule has 5 heteroatoms. The van der Waals surface area contributed by atoms with Crippen LogP contribution in [0.2, 0.25) is 0 Å². The lowest BCUT2D eigenvalue weighted by molar-refractivity contribution is 0.281. The van der Waals surface area contributed by atoms with Crippen LogP contribution in [0.25, 0.3) is 0 Å². The van der Waals surface area contributed by atoms with Gasteiger partial charge >= 0.3 is 0 Å². The fourth-order valence-corrected chi connectivity index (χ4v) is 2.08. The zero-order valence-electron chi connectivity index (χ0n) is 12.1. The molecule has 0 aromatic heterocycles. The van der Waals surface area contributed by atoms with Crippen LogP contribution in [0.3, 0.4) is 0 Å². The highest BCUT2D eigenvalue weighted by atomic mass is 16.3. The Balaban J connectivity index is 2.41. The maximum atomic E-state index is 9.02. The average molecular weight is 281 g/mol. The molecular formula is C15H27N3O2. The van der Waals surface area contributed by atoms with Crippen LogP contribution in [-0.4, -0.2) is 49.6 Å². The highest BCUT2D eigenvalue weighted by molar-refractivity contribution is 5.55. The van der Waals surface area contributed by atoms with Gasteiger partial charge in [-0.2, -0.15) is 0 Å². The molecule has 0 atom stereocenters. The summed E-state index contributed by atoms with van der Waals surface area (Å²) < 4.78 is 0. The van der Waals surface area contributed by atoms with Gasteiger partial charge in [0.05, 0.1) is 13.2 Å². The quantitative estimate of drug-likeness (QED) is 0.455. The zero-order chi connectivity index (χ0) is 14.6. The highest BCUT2D eigenvalue weighted by Gasteiger charge is 2.04. The molecule has 5 nitrogen and oxygen atoms in total. The number of hydrogen-bond acceptors (Lipinski definition) is 5. The summed E-state index contributed by atoms with van der Waals surface area (Å²) in [6.45, 7) is 2.96. The van der Waals surface area contributed by atoms with Crippen molar-refractivity contribution in [3.63, 3.8) is 0 Å². The third-order valence-electron chi connectivity index (χ3n) is 3.18. The molecule has 0 unspecified atom stereocenters. The van der Waals surface area contributed by atoms with E-state index >= 15 is 0 Å². The van der Waals surface area contributed by atoms with E-state index in [-0.39, 0.29) is 13.2 Å². The maximum absolute atomic E-state index is 9.02. The van der Waals surface area contributed by atoms with Gasteiger partial charge in [0.25, 0.3) is 0 Å². The van der Waals surface area contributed by atoms with Gasteiger partial charge in [-0.3, -0.25) is 0 Å². The van der Waals surface area contributed by atoms with Crippen molar-refractivity contribution in [3.8, 4) is 0 Å². The Morgan fingerprint density at radius 3 is 2.15 bits per heavy atom. The molecule has 0 aliphatic heterocycles. The number of benzene rings is 1. The van der Waals surface area contributed by atoms with Crippen molar-refractivity contribution < 1.29 is 10.2 Å². The summed E-state index contributed by atoms with van der Waals surface area (Å²) in [6, 6.07) is 8.07. The first kappa shape index (κ1) is 16.8. The minimum atomic E-state index is 0.0845. The summed E-state index contributed by atoms with van der Waals surface area (Å²) >= 11 is 0. The fourth-order valence-electron chi connectivity index (χ4n) is 2.08. The van der Waals surface area contributed by atoms with Gasteiger partial charge in [-0.05, 0) is 43.7 Å². The Morgan fingerprint density at radius 2 is 1.60 bits per heavy atom. The van der Waals surface area contributed by atoms with Crippen LogP contribution in [0.5, 0.6) is 0 Å². The van der Waals surface area contributed by atoms with Gasteiger partial charge in [0.15, 0.2) is 0 Å². The number of nitrogens with one attached hydrogen (secondary N) is 1. The molecule has 5 N–H and O–H groups in total. The van der Waals surface area contributed by atoms with Gasteiger partial charge in [-0.1, -0.05) is 6.42 Å². The van der Waals surface area contributed by atoms with Crippen LogP contribution < -0.4 is 16.0 Å². The molecule has 0 amide bonds. The van der Waals surface area contributed by atoms with Gasteiger partial charge in [0, 0.05) is 31.0 Å². The van der Waals surface area contributed by atoms with E-state index in [0.717, 1.165) is 43.7 Å². The standard InChI is InChI=1S/C15H27N3O2/c16-8-2-1-3-9-17-14-4-6-15(7-5-14)18(10-12-19)11-13-20/h4-7,17,19-20H,1-3,8-13,16H2. The third-order valence-corrected chi connectivity index (χ3v) is 3.18. The molecule has 114 valence electrons. The summed E-state index contributed by atoms with van der Waals surface area (Å²) in [5, 5.41) is 21.4. The summed E-state index contributed by atoms with van der Waals surface area (Å²) in [5.41, 5.74) is 7.56. The van der Waals surface area contributed by atoms with E-state index < -0.39 is 0 Å². The Hall–Kier alpha value is -1.30. The number of aliphatic hydroxyl groups is 2. The molecule has 1 aromatic rings. The van der Waals surface area contributed by atoms with Crippen LogP contribution in [0.1, 0.15) is 19.3 Å². The van der Waals surface area contributed by atoms with Crippen molar-refractivity contribution in [2.24, 2.45) is 5.73 Å². The van der Waals surface area contributed by atoms with Crippen molar-refractivity contribution in [2.45, 2.75) is 19.3 Å². The molecule has 0 spiro atoms. The molecule has 0 radical (unpaired) electrons. The molecule has 0 aliphatic carbocycles. The minimum absolute atomic E-state index is 0.0845. The molecule has 20 heavy (non-hydrogen) atoms. The van der Waals surface area contributed by atoms with Gasteiger partial charge in [-0.25, -0.2) is 0 Å². The van der Waals surface area contributed by atoms with Crippen LogP contribution in [0.4, 0.5) is 11.4 Å². The van der Waals surface area contributed by atoms with E-state index in [0.29, 0.717) is 13.1 Å². The average Bonchev–Trinajstić information content (AvgIpc) is 2.47. The molecule has 1 aromatic carbocycles. The number of anilines is 2. The minimum Gasteiger partial charge on any atom is -0.395 e. The van der Waals surface area contributed by atoms with Crippen molar-refractivity contribution in [1.29, 1.82) is 0 Å². The summed E-state index contributed by atoms with van der Waals surface area (Å²) in [7, 11) is 0. The number of hydrogen-bond donors (Lipinski definition) is 4. The second kappa shape index (κ2) is 10.5. The fraction of sp³-hybridized carbons (Fsp3) is 0.600. The van der Waals surface area contributed by atoms with E-state index in [1.165, 1.54) is 0 Å². The second-order valence-electron chi connectivity index (χ2n) is 4.76. The zero-order valence-corrected chi connectivity index (χ0v) is 12.1. The molecule has 1 rings (SSSR count). The lowest BCUT2D eigenvalue weighted by Gasteiger charge is -2.23. The summed E-state index contributed by atoms with van der Waals surface area (Å²) in [6.07, 6.45) is 3.36. The predicted octanol–water partition coefficient (Wildman–Crippen LogP) is 1.02. The molecule has 0 bridgehead atoms. The van der Waals surface area contributed by atoms with Crippen molar-refractivity contribution in [1.82, 2.24) is 0 Å². The lowest BCUT2D eigenvalue weighted by atomic mass is 10.2. The maximum Gasteiger partial charge on any atom is 0.0606 e. The number of nitrogens with two attached hydrogens (primary N) is 1. The van der Waals surface area contributed by atoms with Crippen molar-refractivity contribution >= 4 is 11.4 Å². The molecule has 0 saturated heterocycles. The van der Waals surface area contributed by atoms with Crippen LogP contribution in [0.15, 0.2) is 24.3 Å². The van der Waals surface area contributed by atoms with Crippen molar-refractivity contribution in [2.75, 3.05) is 49.6 Å². The van der Waals surface area contributed by atoms with Gasteiger partial charge in [0.1, 0.15) is 0 Å². The van der Waals surface area contributed by atoms with E-state index in [1.54, 1.807) is 0 Å². The Kier molecular flexibility index (Phi) is 8.78. The normalized spacial score (nSPS) is 10.6. The summed E-state index contributed by atoms with van der Waals surface area (Å²) in [4.78, 5) is 1.96. The van der Waals surface area contributed by atoms with Gasteiger partial charge in [-0.15, -0.1) is 0 Å².